The lowest BCUT2D eigenvalue weighted by atomic mass is 9.87. The van der Waals surface area contributed by atoms with Gasteiger partial charge in [0.1, 0.15) is 18.2 Å². The number of methoxy groups -OCH3 is 1. The van der Waals surface area contributed by atoms with E-state index in [0.717, 1.165) is 55.3 Å². The smallest absolute Gasteiger partial charge is 0.212 e. The molecule has 2 bridgehead atoms. The molecule has 0 amide bonds. The summed E-state index contributed by atoms with van der Waals surface area (Å²) < 4.78 is 18.6. The number of fused-ring (bicyclic) bond motifs is 4. The van der Waals surface area contributed by atoms with Gasteiger partial charge in [0.25, 0.3) is 0 Å². The van der Waals surface area contributed by atoms with Crippen LogP contribution in [-0.4, -0.2) is 87.8 Å². The normalized spacial score (nSPS) is 27.4. The van der Waals surface area contributed by atoms with E-state index in [-0.39, 0.29) is 6.61 Å². The Morgan fingerprint density at radius 3 is 2.63 bits per heavy atom. The second-order valence-electron chi connectivity index (χ2n) is 11.8. The second-order valence-corrected chi connectivity index (χ2v) is 11.8. The van der Waals surface area contributed by atoms with E-state index in [0.29, 0.717) is 41.5 Å². The summed E-state index contributed by atoms with van der Waals surface area (Å²) in [5.74, 6) is 3.61. The number of aliphatic hydroxyl groups excluding tert-OH is 1. The summed E-state index contributed by atoms with van der Waals surface area (Å²) >= 11 is 0. The minimum atomic E-state index is -0.480. The van der Waals surface area contributed by atoms with Crippen LogP contribution in [0.15, 0.2) is 61.2 Å². The Labute approximate surface area is 238 Å². The van der Waals surface area contributed by atoms with Gasteiger partial charge < -0.3 is 24.2 Å². The van der Waals surface area contributed by atoms with Crippen LogP contribution in [-0.2, 0) is 11.3 Å². The van der Waals surface area contributed by atoms with Gasteiger partial charge in [-0.3, -0.25) is 4.90 Å². The average molecular weight is 555 g/mol. The van der Waals surface area contributed by atoms with Crippen LogP contribution >= 0.6 is 0 Å². The van der Waals surface area contributed by atoms with Gasteiger partial charge in [-0.25, -0.2) is 14.5 Å². The Hall–Kier alpha value is -3.73. The summed E-state index contributed by atoms with van der Waals surface area (Å²) in [5, 5.41) is 15.1. The first-order chi connectivity index (χ1) is 20.1. The zero-order valence-electron chi connectivity index (χ0n) is 23.0. The molecular formula is C31H34N6O4. The topological polar surface area (TPSA) is 97.5 Å². The Bertz CT molecular complexity index is 1520. The molecule has 1 saturated carbocycles. The highest BCUT2D eigenvalue weighted by Crippen LogP contribution is 2.52. The molecule has 10 nitrogen and oxygen atoms in total. The van der Waals surface area contributed by atoms with Crippen LogP contribution in [0.1, 0.15) is 12.0 Å². The highest BCUT2D eigenvalue weighted by Gasteiger charge is 2.57. The summed E-state index contributed by atoms with van der Waals surface area (Å²) in [7, 11) is 1.64. The first-order valence-electron chi connectivity index (χ1n) is 14.5. The van der Waals surface area contributed by atoms with Gasteiger partial charge >= 0.3 is 0 Å². The number of anilines is 1. The zero-order valence-corrected chi connectivity index (χ0v) is 23.0. The number of hydrogen-bond donors (Lipinski definition) is 1. The maximum Gasteiger partial charge on any atom is 0.212 e. The predicted molar refractivity (Wildman–Crippen MR) is 152 cm³/mol. The van der Waals surface area contributed by atoms with Gasteiger partial charge in [0.05, 0.1) is 44.3 Å². The zero-order chi connectivity index (χ0) is 27.5. The van der Waals surface area contributed by atoms with Crippen molar-refractivity contribution in [2.75, 3.05) is 44.9 Å². The van der Waals surface area contributed by atoms with Crippen molar-refractivity contribution in [2.24, 2.45) is 17.8 Å². The van der Waals surface area contributed by atoms with E-state index in [4.69, 9.17) is 19.2 Å². The molecule has 0 radical (unpaired) electrons. The van der Waals surface area contributed by atoms with E-state index in [1.165, 1.54) is 12.0 Å². The molecule has 4 aromatic heterocycles. The molecule has 0 aromatic carbocycles. The SMILES string of the molecule is COc1ccc(CN2C3CC2CN(c2ccc(-c4cc(OCC(O)C5C6COCC65)cn5nccc45)cn2)C3)cn1. The third-order valence-electron chi connectivity index (χ3n) is 9.47. The molecule has 5 atom stereocenters. The number of pyridine rings is 3. The number of nitrogens with zero attached hydrogens (tertiary/aromatic N) is 6. The molecular weight excluding hydrogens is 520 g/mol. The summed E-state index contributed by atoms with van der Waals surface area (Å²) in [6.07, 6.45) is 8.28. The average Bonchev–Trinajstić information content (AvgIpc) is 3.32. The Morgan fingerprint density at radius 1 is 1.05 bits per heavy atom. The van der Waals surface area contributed by atoms with Gasteiger partial charge in [0.15, 0.2) is 0 Å². The fourth-order valence-electron chi connectivity index (χ4n) is 7.16. The Balaban J connectivity index is 0.938. The number of piperidine rings is 1. The van der Waals surface area contributed by atoms with E-state index in [2.05, 4.69) is 38.1 Å². The molecule has 8 heterocycles. The predicted octanol–water partition coefficient (Wildman–Crippen LogP) is 2.90. The first kappa shape index (κ1) is 25.0. The lowest BCUT2D eigenvalue weighted by molar-refractivity contribution is -0.00876. The molecule has 4 aromatic rings. The van der Waals surface area contributed by atoms with E-state index in [1.54, 1.807) is 13.3 Å². The molecule has 212 valence electrons. The third kappa shape index (κ3) is 4.50. The number of aromatic nitrogens is 4. The molecule has 4 saturated heterocycles. The van der Waals surface area contributed by atoms with Crippen LogP contribution < -0.4 is 14.4 Å². The van der Waals surface area contributed by atoms with Crippen LogP contribution in [0.5, 0.6) is 11.6 Å². The molecule has 1 aliphatic carbocycles. The minimum Gasteiger partial charge on any atom is -0.489 e. The molecule has 9 rings (SSSR count). The van der Waals surface area contributed by atoms with Gasteiger partial charge in [-0.05, 0) is 54.0 Å². The molecule has 5 fully saturated rings. The minimum absolute atomic E-state index is 0.268. The van der Waals surface area contributed by atoms with Gasteiger partial charge in [-0.15, -0.1) is 0 Å². The molecule has 5 aliphatic rings. The Kier molecular flexibility index (Phi) is 6.08. The standard InChI is InChI=1S/C31H34N6O4/c1-39-30-5-2-19(10-33-30)12-36-21-8-22(36)14-35(13-21)29-4-3-20(11-32-29)24-9-23(15-37-27(24)6-7-34-37)41-18-28(38)31-25-16-40-17-26(25)31/h2-7,9-11,15,21-22,25-26,28,31,38H,8,12-14,16-18H2,1H3. The van der Waals surface area contributed by atoms with Crippen LogP contribution in [0.3, 0.4) is 0 Å². The van der Waals surface area contributed by atoms with Crippen molar-refractivity contribution < 1.29 is 19.3 Å². The van der Waals surface area contributed by atoms with Gasteiger partial charge in [-0.2, -0.15) is 5.10 Å². The van der Waals surface area contributed by atoms with Crippen LogP contribution in [0.2, 0.25) is 0 Å². The van der Waals surface area contributed by atoms with Crippen molar-refractivity contribution in [1.29, 1.82) is 0 Å². The van der Waals surface area contributed by atoms with Crippen molar-refractivity contribution >= 4 is 11.3 Å². The molecule has 10 heteroatoms. The summed E-state index contributed by atoms with van der Waals surface area (Å²) in [6, 6.07) is 13.4. The lowest BCUT2D eigenvalue weighted by Gasteiger charge is -2.56. The first-order valence-corrected chi connectivity index (χ1v) is 14.5. The highest BCUT2D eigenvalue weighted by molar-refractivity contribution is 5.81. The molecule has 1 N–H and O–H groups in total. The number of aliphatic hydroxyl groups is 1. The summed E-state index contributed by atoms with van der Waals surface area (Å²) in [4.78, 5) is 14.2. The van der Waals surface area contributed by atoms with Crippen molar-refractivity contribution in [3.63, 3.8) is 0 Å². The van der Waals surface area contributed by atoms with Crippen LogP contribution in [0.4, 0.5) is 5.82 Å². The second kappa shape index (κ2) is 9.97. The van der Waals surface area contributed by atoms with Crippen LogP contribution in [0.25, 0.3) is 16.6 Å². The van der Waals surface area contributed by atoms with E-state index in [1.807, 2.05) is 41.3 Å². The maximum absolute atomic E-state index is 10.7. The Morgan fingerprint density at radius 2 is 1.90 bits per heavy atom. The molecule has 0 spiro atoms. The quantitative estimate of drug-likeness (QED) is 0.335. The van der Waals surface area contributed by atoms with E-state index < -0.39 is 6.10 Å². The summed E-state index contributed by atoms with van der Waals surface area (Å²) in [5.41, 5.74) is 4.22. The molecule has 41 heavy (non-hydrogen) atoms. The molecule has 5 unspecified atom stereocenters. The maximum atomic E-state index is 10.7. The highest BCUT2D eigenvalue weighted by atomic mass is 16.5. The molecule has 4 aliphatic heterocycles. The van der Waals surface area contributed by atoms with Gasteiger partial charge in [-0.1, -0.05) is 6.07 Å². The number of rotatable bonds is 9. The van der Waals surface area contributed by atoms with Crippen molar-refractivity contribution in [1.82, 2.24) is 24.5 Å². The van der Waals surface area contributed by atoms with E-state index in [9.17, 15) is 5.11 Å². The van der Waals surface area contributed by atoms with Gasteiger partial charge in [0, 0.05) is 61.3 Å². The number of hydrogen-bond acceptors (Lipinski definition) is 9. The fourth-order valence-corrected chi connectivity index (χ4v) is 7.16. The fraction of sp³-hybridized carbons (Fsp3) is 0.452. The van der Waals surface area contributed by atoms with Gasteiger partial charge in [0.2, 0.25) is 5.88 Å². The summed E-state index contributed by atoms with van der Waals surface area (Å²) in [6.45, 7) is 4.65. The van der Waals surface area contributed by atoms with Crippen molar-refractivity contribution in [3.8, 4) is 22.8 Å². The van der Waals surface area contributed by atoms with E-state index >= 15 is 0 Å². The number of piperazine rings is 1. The lowest BCUT2D eigenvalue weighted by Crippen LogP contribution is -2.68. The largest absolute Gasteiger partial charge is 0.489 e. The monoisotopic (exact) mass is 554 g/mol. The van der Waals surface area contributed by atoms with Crippen LogP contribution in [0, 0.1) is 17.8 Å². The number of ether oxygens (including phenoxy) is 3. The van der Waals surface area contributed by atoms with Crippen molar-refractivity contribution in [3.05, 3.63) is 66.7 Å². The van der Waals surface area contributed by atoms with Crippen molar-refractivity contribution in [2.45, 2.75) is 31.2 Å². The third-order valence-corrected chi connectivity index (χ3v) is 9.47.